The predicted octanol–water partition coefficient (Wildman–Crippen LogP) is 1.75. The number of amides is 1. The normalized spacial score (nSPS) is 13.2. The van der Waals surface area contributed by atoms with Gasteiger partial charge in [-0.1, -0.05) is 24.3 Å². The molecule has 2 atom stereocenters. The van der Waals surface area contributed by atoms with Gasteiger partial charge >= 0.3 is 0 Å². The Morgan fingerprint density at radius 2 is 2.00 bits per heavy atom. The first-order valence-electron chi connectivity index (χ1n) is 8.63. The summed E-state index contributed by atoms with van der Waals surface area (Å²) in [6, 6.07) is 8.84. The van der Waals surface area contributed by atoms with E-state index in [0.29, 0.717) is 22.6 Å². The Bertz CT molecular complexity index is 1070. The highest BCUT2D eigenvalue weighted by molar-refractivity contribution is 6.03. The van der Waals surface area contributed by atoms with Crippen LogP contribution in [0.1, 0.15) is 40.8 Å². The molecule has 3 aromatic heterocycles. The van der Waals surface area contributed by atoms with Crippen molar-refractivity contribution in [2.24, 2.45) is 0 Å². The lowest BCUT2D eigenvalue weighted by Crippen LogP contribution is -2.33. The van der Waals surface area contributed by atoms with E-state index in [2.05, 4.69) is 40.9 Å². The Balaban J connectivity index is 1.68. The van der Waals surface area contributed by atoms with Crippen LogP contribution in [0, 0.1) is 0 Å². The third kappa shape index (κ3) is 3.27. The van der Waals surface area contributed by atoms with Gasteiger partial charge in [0.05, 0.1) is 18.5 Å². The standard InChI is InChI=1S/C18H18N8O2/c1-10(16-23-25-26-24-16)14(11-3-5-12(28-2)6-4-11)22-18(27)15-13-7-8-19-17(13)21-9-20-15/h3-10,14H,1-2H3,(H,22,27)(H,19,20,21)(H,23,24,25,26)/t10?,14-/m0/s1. The van der Waals surface area contributed by atoms with Crippen molar-refractivity contribution in [2.75, 3.05) is 7.11 Å². The van der Waals surface area contributed by atoms with E-state index < -0.39 is 6.04 Å². The van der Waals surface area contributed by atoms with Gasteiger partial charge in [0.25, 0.3) is 5.91 Å². The molecule has 0 radical (unpaired) electrons. The average molecular weight is 378 g/mol. The summed E-state index contributed by atoms with van der Waals surface area (Å²) in [4.78, 5) is 24.3. The van der Waals surface area contributed by atoms with E-state index in [-0.39, 0.29) is 11.8 Å². The highest BCUT2D eigenvalue weighted by Gasteiger charge is 2.27. The highest BCUT2D eigenvalue weighted by Crippen LogP contribution is 2.30. The molecule has 3 heterocycles. The summed E-state index contributed by atoms with van der Waals surface area (Å²) >= 11 is 0. The van der Waals surface area contributed by atoms with Crippen molar-refractivity contribution in [1.82, 2.24) is 40.9 Å². The van der Waals surface area contributed by atoms with E-state index in [9.17, 15) is 4.79 Å². The first kappa shape index (κ1) is 17.6. The third-order valence-electron chi connectivity index (χ3n) is 4.60. The number of rotatable bonds is 6. The summed E-state index contributed by atoms with van der Waals surface area (Å²) in [7, 11) is 1.60. The van der Waals surface area contributed by atoms with E-state index in [1.165, 1.54) is 6.33 Å². The molecule has 0 saturated heterocycles. The molecule has 1 aromatic carbocycles. The number of methoxy groups -OCH3 is 1. The lowest BCUT2D eigenvalue weighted by molar-refractivity contribution is 0.0927. The van der Waals surface area contributed by atoms with E-state index in [4.69, 9.17) is 4.74 Å². The molecule has 142 valence electrons. The van der Waals surface area contributed by atoms with Crippen molar-refractivity contribution < 1.29 is 9.53 Å². The number of tetrazole rings is 1. The van der Waals surface area contributed by atoms with Crippen LogP contribution in [-0.2, 0) is 0 Å². The molecule has 4 rings (SSSR count). The summed E-state index contributed by atoms with van der Waals surface area (Å²) in [5.41, 5.74) is 1.78. The van der Waals surface area contributed by atoms with E-state index in [1.54, 1.807) is 19.4 Å². The zero-order valence-corrected chi connectivity index (χ0v) is 15.2. The lowest BCUT2D eigenvalue weighted by Gasteiger charge is -2.23. The molecule has 0 saturated carbocycles. The van der Waals surface area contributed by atoms with Gasteiger partial charge < -0.3 is 15.0 Å². The van der Waals surface area contributed by atoms with Gasteiger partial charge in [0.2, 0.25) is 0 Å². The molecule has 0 aliphatic rings. The van der Waals surface area contributed by atoms with Crippen molar-refractivity contribution in [1.29, 1.82) is 0 Å². The first-order chi connectivity index (χ1) is 13.7. The molecule has 10 nitrogen and oxygen atoms in total. The maximum absolute atomic E-state index is 13.0. The Morgan fingerprint density at radius 3 is 2.71 bits per heavy atom. The Hall–Kier alpha value is -3.82. The molecule has 1 amide bonds. The van der Waals surface area contributed by atoms with Crippen LogP contribution >= 0.6 is 0 Å². The minimum absolute atomic E-state index is 0.236. The Labute approximate surface area is 159 Å². The number of benzene rings is 1. The predicted molar refractivity (Wildman–Crippen MR) is 99.7 cm³/mol. The average Bonchev–Trinajstić information content (AvgIpc) is 3.43. The molecule has 0 bridgehead atoms. The molecule has 3 N–H and O–H groups in total. The van der Waals surface area contributed by atoms with Crippen LogP contribution in [0.3, 0.4) is 0 Å². The molecule has 0 fully saturated rings. The molecular weight excluding hydrogens is 360 g/mol. The maximum atomic E-state index is 13.0. The van der Waals surface area contributed by atoms with Crippen molar-refractivity contribution in [2.45, 2.75) is 18.9 Å². The fraction of sp³-hybridized carbons (Fsp3) is 0.222. The SMILES string of the molecule is COc1ccc([C@@H](NC(=O)c2ncnc3[nH]ccc23)C(C)c2nn[nH]n2)cc1. The van der Waals surface area contributed by atoms with Crippen molar-refractivity contribution in [3.05, 3.63) is 59.9 Å². The number of ether oxygens (including phenoxy) is 1. The number of nitrogens with one attached hydrogen (secondary N) is 3. The quantitative estimate of drug-likeness (QED) is 0.465. The number of hydrogen-bond donors (Lipinski definition) is 3. The molecule has 0 aliphatic heterocycles. The van der Waals surface area contributed by atoms with Gasteiger partial charge in [0.1, 0.15) is 23.4 Å². The zero-order valence-electron chi connectivity index (χ0n) is 15.2. The van der Waals surface area contributed by atoms with Crippen molar-refractivity contribution >= 4 is 16.9 Å². The fourth-order valence-corrected chi connectivity index (χ4v) is 3.08. The van der Waals surface area contributed by atoms with Crippen LogP contribution in [0.25, 0.3) is 11.0 Å². The number of aromatic nitrogens is 7. The number of fused-ring (bicyclic) bond motifs is 1. The second-order valence-corrected chi connectivity index (χ2v) is 6.25. The summed E-state index contributed by atoms with van der Waals surface area (Å²) in [6.45, 7) is 1.92. The van der Waals surface area contributed by atoms with Crippen LogP contribution in [-0.4, -0.2) is 48.6 Å². The van der Waals surface area contributed by atoms with Crippen molar-refractivity contribution in [3.63, 3.8) is 0 Å². The first-order valence-corrected chi connectivity index (χ1v) is 8.63. The van der Waals surface area contributed by atoms with Crippen LogP contribution in [0.4, 0.5) is 0 Å². The van der Waals surface area contributed by atoms with Gasteiger partial charge in [0, 0.05) is 12.1 Å². The molecule has 0 spiro atoms. The van der Waals surface area contributed by atoms with Crippen LogP contribution in [0.2, 0.25) is 0 Å². The number of carbonyl (C=O) groups excluding carboxylic acids is 1. The largest absolute Gasteiger partial charge is 0.497 e. The van der Waals surface area contributed by atoms with Crippen LogP contribution in [0.15, 0.2) is 42.9 Å². The van der Waals surface area contributed by atoms with E-state index in [1.807, 2.05) is 31.2 Å². The summed E-state index contributed by atoms with van der Waals surface area (Å²) < 4.78 is 5.22. The fourth-order valence-electron chi connectivity index (χ4n) is 3.08. The van der Waals surface area contributed by atoms with Gasteiger partial charge in [0.15, 0.2) is 5.82 Å². The highest BCUT2D eigenvalue weighted by atomic mass is 16.5. The number of nitrogens with zero attached hydrogens (tertiary/aromatic N) is 5. The van der Waals surface area contributed by atoms with Crippen molar-refractivity contribution in [3.8, 4) is 5.75 Å². The van der Waals surface area contributed by atoms with Crippen LogP contribution in [0.5, 0.6) is 5.75 Å². The number of aromatic amines is 2. The number of hydrogen-bond acceptors (Lipinski definition) is 7. The minimum atomic E-state index is -0.403. The minimum Gasteiger partial charge on any atom is -0.497 e. The van der Waals surface area contributed by atoms with Gasteiger partial charge in [-0.3, -0.25) is 4.79 Å². The lowest BCUT2D eigenvalue weighted by atomic mass is 9.93. The van der Waals surface area contributed by atoms with Crippen LogP contribution < -0.4 is 10.1 Å². The van der Waals surface area contributed by atoms with Gasteiger partial charge in [-0.05, 0) is 23.8 Å². The Morgan fingerprint density at radius 1 is 1.18 bits per heavy atom. The topological polar surface area (TPSA) is 134 Å². The monoisotopic (exact) mass is 378 g/mol. The molecular formula is C18H18N8O2. The zero-order chi connectivity index (χ0) is 19.5. The van der Waals surface area contributed by atoms with E-state index in [0.717, 1.165) is 11.3 Å². The van der Waals surface area contributed by atoms with Gasteiger partial charge in [-0.15, -0.1) is 10.2 Å². The smallest absolute Gasteiger partial charge is 0.271 e. The number of carbonyl (C=O) groups is 1. The summed E-state index contributed by atoms with van der Waals surface area (Å²) in [6.07, 6.45) is 3.08. The van der Waals surface area contributed by atoms with E-state index >= 15 is 0 Å². The third-order valence-corrected chi connectivity index (χ3v) is 4.60. The van der Waals surface area contributed by atoms with Gasteiger partial charge in [-0.25, -0.2) is 9.97 Å². The van der Waals surface area contributed by atoms with Gasteiger partial charge in [-0.2, -0.15) is 5.21 Å². The maximum Gasteiger partial charge on any atom is 0.271 e. The Kier molecular flexibility index (Phi) is 4.67. The summed E-state index contributed by atoms with van der Waals surface area (Å²) in [5.74, 6) is 0.671. The summed E-state index contributed by atoms with van der Waals surface area (Å²) in [5, 5.41) is 17.9. The second kappa shape index (κ2) is 7.43. The molecule has 1 unspecified atom stereocenters. The molecule has 28 heavy (non-hydrogen) atoms. The molecule has 0 aliphatic carbocycles. The number of H-pyrrole nitrogens is 2. The molecule has 4 aromatic rings. The second-order valence-electron chi connectivity index (χ2n) is 6.25. The molecule has 10 heteroatoms.